The highest BCUT2D eigenvalue weighted by atomic mass is 35.5. The topological polar surface area (TPSA) is 100 Å². The number of carbonyl (C=O) groups is 2. The number of anilines is 2. The number of aromatic nitrogens is 2. The van der Waals surface area contributed by atoms with Gasteiger partial charge >= 0.3 is 0 Å². The SMILES string of the molecule is CNC(C)Cc1noc(CCC(=O)N2CC(=O)Nc3ccccc32)n1.Cl. The lowest BCUT2D eigenvalue weighted by atomic mass is 10.1. The lowest BCUT2D eigenvalue weighted by Crippen LogP contribution is -2.42. The maximum absolute atomic E-state index is 12.6. The maximum Gasteiger partial charge on any atom is 0.244 e. The molecule has 2 N–H and O–H groups in total. The monoisotopic (exact) mass is 379 g/mol. The van der Waals surface area contributed by atoms with Crippen LogP contribution in [0.1, 0.15) is 25.1 Å². The van der Waals surface area contributed by atoms with Gasteiger partial charge in [-0.05, 0) is 26.1 Å². The summed E-state index contributed by atoms with van der Waals surface area (Å²) >= 11 is 0. The molecule has 2 amide bonds. The fourth-order valence-electron chi connectivity index (χ4n) is 2.66. The first kappa shape index (κ1) is 19.9. The van der Waals surface area contributed by atoms with Crippen LogP contribution in [0.4, 0.5) is 11.4 Å². The molecule has 1 aromatic carbocycles. The number of nitrogens with zero attached hydrogens (tertiary/aromatic N) is 3. The minimum absolute atomic E-state index is 0. The molecule has 0 spiro atoms. The van der Waals surface area contributed by atoms with Crippen molar-refractivity contribution >= 4 is 35.6 Å². The Morgan fingerprint density at radius 2 is 2.19 bits per heavy atom. The summed E-state index contributed by atoms with van der Waals surface area (Å²) in [5.41, 5.74) is 1.36. The first-order valence-corrected chi connectivity index (χ1v) is 8.25. The van der Waals surface area contributed by atoms with Crippen LogP contribution in [-0.4, -0.2) is 41.6 Å². The first-order chi connectivity index (χ1) is 12.1. The normalized spacial score (nSPS) is 14.2. The Hall–Kier alpha value is -2.45. The molecule has 9 heteroatoms. The van der Waals surface area contributed by atoms with Gasteiger partial charge in [0.25, 0.3) is 0 Å². The number of benzene rings is 1. The van der Waals surface area contributed by atoms with Crippen LogP contribution in [0.2, 0.25) is 0 Å². The molecule has 1 atom stereocenters. The van der Waals surface area contributed by atoms with Crippen molar-refractivity contribution in [1.29, 1.82) is 0 Å². The van der Waals surface area contributed by atoms with Crippen LogP contribution in [0.3, 0.4) is 0 Å². The van der Waals surface area contributed by atoms with Gasteiger partial charge in [0.1, 0.15) is 6.54 Å². The number of aryl methyl sites for hydroxylation is 1. The van der Waals surface area contributed by atoms with Crippen LogP contribution in [0, 0.1) is 0 Å². The van der Waals surface area contributed by atoms with Crippen molar-refractivity contribution in [1.82, 2.24) is 15.5 Å². The second kappa shape index (κ2) is 8.77. The van der Waals surface area contributed by atoms with Gasteiger partial charge in [-0.3, -0.25) is 9.59 Å². The Morgan fingerprint density at radius 3 is 2.96 bits per heavy atom. The Kier molecular flexibility index (Phi) is 6.70. The number of halogens is 1. The van der Waals surface area contributed by atoms with Gasteiger partial charge in [-0.15, -0.1) is 12.4 Å². The number of carbonyl (C=O) groups excluding carboxylic acids is 2. The summed E-state index contributed by atoms with van der Waals surface area (Å²) in [6, 6.07) is 7.50. The fraction of sp³-hybridized carbons (Fsp3) is 0.412. The zero-order valence-corrected chi connectivity index (χ0v) is 15.5. The van der Waals surface area contributed by atoms with E-state index in [1.165, 1.54) is 4.90 Å². The molecule has 1 aromatic heterocycles. The third kappa shape index (κ3) is 4.59. The summed E-state index contributed by atoms with van der Waals surface area (Å²) in [5.74, 6) is 0.701. The summed E-state index contributed by atoms with van der Waals surface area (Å²) in [6.45, 7) is 2.04. The van der Waals surface area contributed by atoms with E-state index in [4.69, 9.17) is 4.52 Å². The smallest absolute Gasteiger partial charge is 0.244 e. The van der Waals surface area contributed by atoms with Gasteiger partial charge in [-0.1, -0.05) is 17.3 Å². The van der Waals surface area contributed by atoms with Gasteiger partial charge in [0.15, 0.2) is 5.82 Å². The van der Waals surface area contributed by atoms with Crippen LogP contribution < -0.4 is 15.5 Å². The third-order valence-electron chi connectivity index (χ3n) is 4.12. The molecule has 0 radical (unpaired) electrons. The molecule has 1 aliphatic heterocycles. The van der Waals surface area contributed by atoms with Crippen LogP contribution >= 0.6 is 12.4 Å². The van der Waals surface area contributed by atoms with Crippen molar-refractivity contribution in [2.45, 2.75) is 32.2 Å². The number of nitrogens with one attached hydrogen (secondary N) is 2. The van der Waals surface area contributed by atoms with E-state index >= 15 is 0 Å². The number of para-hydroxylation sites is 2. The minimum atomic E-state index is -0.201. The highest BCUT2D eigenvalue weighted by Gasteiger charge is 2.26. The predicted octanol–water partition coefficient (Wildman–Crippen LogP) is 1.56. The molecule has 26 heavy (non-hydrogen) atoms. The van der Waals surface area contributed by atoms with Gasteiger partial charge in [0.2, 0.25) is 17.7 Å². The van der Waals surface area contributed by atoms with Crippen molar-refractivity contribution in [2.75, 3.05) is 23.8 Å². The highest BCUT2D eigenvalue weighted by molar-refractivity contribution is 6.09. The molecule has 0 saturated carbocycles. The largest absolute Gasteiger partial charge is 0.339 e. The van der Waals surface area contributed by atoms with Crippen molar-refractivity contribution < 1.29 is 14.1 Å². The van der Waals surface area contributed by atoms with Crippen molar-refractivity contribution in [2.24, 2.45) is 0 Å². The van der Waals surface area contributed by atoms with Crippen LogP contribution in [0.25, 0.3) is 0 Å². The maximum atomic E-state index is 12.6. The van der Waals surface area contributed by atoms with Crippen molar-refractivity contribution in [3.63, 3.8) is 0 Å². The van der Waals surface area contributed by atoms with Gasteiger partial charge in [0, 0.05) is 25.3 Å². The zero-order valence-electron chi connectivity index (χ0n) is 14.7. The van der Waals surface area contributed by atoms with Crippen LogP contribution in [0.5, 0.6) is 0 Å². The van der Waals surface area contributed by atoms with Crippen LogP contribution in [-0.2, 0) is 22.4 Å². The molecule has 1 aliphatic rings. The number of amides is 2. The Morgan fingerprint density at radius 1 is 1.42 bits per heavy atom. The van der Waals surface area contributed by atoms with Crippen LogP contribution in [0.15, 0.2) is 28.8 Å². The highest BCUT2D eigenvalue weighted by Crippen LogP contribution is 2.29. The number of likely N-dealkylation sites (N-methyl/N-ethyl adjacent to an activating group) is 1. The van der Waals surface area contributed by atoms with E-state index < -0.39 is 0 Å². The van der Waals surface area contributed by atoms with E-state index in [1.807, 2.05) is 32.2 Å². The van der Waals surface area contributed by atoms with E-state index in [2.05, 4.69) is 20.8 Å². The van der Waals surface area contributed by atoms with Gasteiger partial charge in [-0.2, -0.15) is 4.98 Å². The molecule has 0 saturated heterocycles. The van der Waals surface area contributed by atoms with Crippen molar-refractivity contribution in [3.8, 4) is 0 Å². The molecule has 0 bridgehead atoms. The predicted molar refractivity (Wildman–Crippen MR) is 99.5 cm³/mol. The van der Waals surface area contributed by atoms with Gasteiger partial charge < -0.3 is 20.1 Å². The summed E-state index contributed by atoms with van der Waals surface area (Å²) in [7, 11) is 1.87. The van der Waals surface area contributed by atoms with E-state index in [0.29, 0.717) is 35.9 Å². The number of fused-ring (bicyclic) bond motifs is 1. The molecule has 2 aromatic rings. The van der Waals surface area contributed by atoms with Crippen molar-refractivity contribution in [3.05, 3.63) is 36.0 Å². The first-order valence-electron chi connectivity index (χ1n) is 8.25. The zero-order chi connectivity index (χ0) is 17.8. The molecule has 3 rings (SSSR count). The molecule has 0 fully saturated rings. The number of hydrogen-bond donors (Lipinski definition) is 2. The second-order valence-corrected chi connectivity index (χ2v) is 6.04. The number of hydrogen-bond acceptors (Lipinski definition) is 6. The van der Waals surface area contributed by atoms with Gasteiger partial charge in [0.05, 0.1) is 11.4 Å². The van der Waals surface area contributed by atoms with E-state index in [0.717, 1.165) is 0 Å². The molecular formula is C17H22ClN5O3. The molecule has 140 valence electrons. The average Bonchev–Trinajstić information content (AvgIpc) is 3.06. The lowest BCUT2D eigenvalue weighted by molar-refractivity contribution is -0.121. The Bertz CT molecular complexity index is 779. The summed E-state index contributed by atoms with van der Waals surface area (Å²) < 4.78 is 5.20. The third-order valence-corrected chi connectivity index (χ3v) is 4.12. The summed E-state index contributed by atoms with van der Waals surface area (Å²) in [4.78, 5) is 30.2. The van der Waals surface area contributed by atoms with Gasteiger partial charge in [-0.25, -0.2) is 0 Å². The molecule has 0 aliphatic carbocycles. The molecular weight excluding hydrogens is 358 g/mol. The fourth-order valence-corrected chi connectivity index (χ4v) is 2.66. The molecule has 1 unspecified atom stereocenters. The minimum Gasteiger partial charge on any atom is -0.339 e. The summed E-state index contributed by atoms with van der Waals surface area (Å²) in [5, 5.41) is 9.80. The number of rotatable bonds is 6. The molecule has 2 heterocycles. The lowest BCUT2D eigenvalue weighted by Gasteiger charge is -2.29. The van der Waals surface area contributed by atoms with E-state index in [9.17, 15) is 9.59 Å². The summed E-state index contributed by atoms with van der Waals surface area (Å²) in [6.07, 6.45) is 1.21. The van der Waals surface area contributed by atoms with E-state index in [-0.39, 0.29) is 43.2 Å². The second-order valence-electron chi connectivity index (χ2n) is 6.04. The molecule has 8 nitrogen and oxygen atoms in total. The van der Waals surface area contributed by atoms with E-state index in [1.54, 1.807) is 6.07 Å². The standard InChI is InChI=1S/C17H21N5O3.ClH/c1-11(18-2)9-14-20-16(25-21-14)7-8-17(24)22-10-15(23)19-12-5-3-4-6-13(12)22;/h3-6,11,18H,7-10H2,1-2H3,(H,19,23);1H. The average molecular weight is 380 g/mol. The Balaban J connectivity index is 0.00000243. The quantitative estimate of drug-likeness (QED) is 0.790. The Labute approximate surface area is 157 Å².